The number of carboxylic acid groups (broad SMARTS) is 1. The minimum Gasteiger partial charge on any atom is -0.480 e. The summed E-state index contributed by atoms with van der Waals surface area (Å²) in [5.41, 5.74) is 0.985. The molecule has 2 aliphatic heterocycles. The molecule has 2 heterocycles. The zero-order chi connectivity index (χ0) is 23.4. The standard InChI is InChI=1S/C26H36N2O5/c1-2-33-26(32)21(15-17-9-4-3-5-10-17)27-20-16-18-11-6-7-12-19(18)22-13-8-14-23(25(30)31)28(22)24(20)29/h3-5,9-10,18-23,27H,2,6-8,11-16H2,1H3,(H,30,31). The molecular formula is C26H36N2O5. The van der Waals surface area contributed by atoms with Crippen LogP contribution in [0.3, 0.4) is 0 Å². The summed E-state index contributed by atoms with van der Waals surface area (Å²) in [4.78, 5) is 40.5. The lowest BCUT2D eigenvalue weighted by Crippen LogP contribution is -2.60. The number of carbonyl (C=O) groups is 3. The van der Waals surface area contributed by atoms with E-state index >= 15 is 0 Å². The Morgan fingerprint density at radius 1 is 1.12 bits per heavy atom. The number of nitrogens with one attached hydrogen (secondary N) is 1. The quantitative estimate of drug-likeness (QED) is 0.612. The van der Waals surface area contributed by atoms with Crippen LogP contribution in [0.5, 0.6) is 0 Å². The van der Waals surface area contributed by atoms with E-state index in [1.54, 1.807) is 11.8 Å². The van der Waals surface area contributed by atoms with Crippen molar-refractivity contribution in [1.29, 1.82) is 0 Å². The van der Waals surface area contributed by atoms with Crippen LogP contribution in [-0.2, 0) is 25.5 Å². The molecule has 0 aromatic heterocycles. The normalized spacial score (nSPS) is 30.5. The molecule has 0 bridgehead atoms. The molecular weight excluding hydrogens is 420 g/mol. The van der Waals surface area contributed by atoms with E-state index in [1.165, 1.54) is 0 Å². The molecule has 180 valence electrons. The fourth-order valence-corrected chi connectivity index (χ4v) is 6.31. The van der Waals surface area contributed by atoms with Crippen LogP contribution in [0.2, 0.25) is 0 Å². The van der Waals surface area contributed by atoms with Gasteiger partial charge in [-0.05, 0) is 62.8 Å². The molecule has 6 unspecified atom stereocenters. The molecule has 2 N–H and O–H groups in total. The molecule has 2 saturated heterocycles. The highest BCUT2D eigenvalue weighted by atomic mass is 16.5. The smallest absolute Gasteiger partial charge is 0.326 e. The van der Waals surface area contributed by atoms with E-state index in [4.69, 9.17) is 4.74 Å². The van der Waals surface area contributed by atoms with Crippen molar-refractivity contribution < 1.29 is 24.2 Å². The second-order valence-corrected chi connectivity index (χ2v) is 9.76. The third-order valence-corrected chi connectivity index (χ3v) is 7.76. The Labute approximate surface area is 195 Å². The second-order valence-electron chi connectivity index (χ2n) is 9.76. The number of nitrogens with zero attached hydrogens (tertiary/aromatic N) is 1. The van der Waals surface area contributed by atoms with Gasteiger partial charge in [-0.15, -0.1) is 0 Å². The number of hydrogen-bond donors (Lipinski definition) is 2. The lowest BCUT2D eigenvalue weighted by molar-refractivity contribution is -0.157. The van der Waals surface area contributed by atoms with Crippen molar-refractivity contribution in [2.24, 2.45) is 11.8 Å². The van der Waals surface area contributed by atoms with Crippen LogP contribution in [0.15, 0.2) is 30.3 Å². The number of piperidine rings is 1. The summed E-state index contributed by atoms with van der Waals surface area (Å²) in [5.74, 6) is -0.756. The van der Waals surface area contributed by atoms with Crippen LogP contribution < -0.4 is 5.32 Å². The van der Waals surface area contributed by atoms with Gasteiger partial charge in [-0.1, -0.05) is 49.6 Å². The minimum atomic E-state index is -0.924. The number of ether oxygens (including phenoxy) is 1. The van der Waals surface area contributed by atoms with Crippen molar-refractivity contribution in [1.82, 2.24) is 10.2 Å². The molecule has 7 heteroatoms. The van der Waals surface area contributed by atoms with Gasteiger partial charge >= 0.3 is 11.9 Å². The third-order valence-electron chi connectivity index (χ3n) is 7.76. The molecule has 0 radical (unpaired) electrons. The molecule has 33 heavy (non-hydrogen) atoms. The van der Waals surface area contributed by atoms with Gasteiger partial charge in [-0.25, -0.2) is 4.79 Å². The number of amides is 1. The van der Waals surface area contributed by atoms with E-state index in [9.17, 15) is 19.5 Å². The average Bonchev–Trinajstić information content (AvgIpc) is 2.94. The van der Waals surface area contributed by atoms with Gasteiger partial charge in [0.05, 0.1) is 12.6 Å². The predicted octanol–water partition coefficient (Wildman–Crippen LogP) is 3.16. The molecule has 7 nitrogen and oxygen atoms in total. The number of carbonyl (C=O) groups excluding carboxylic acids is 2. The van der Waals surface area contributed by atoms with Crippen LogP contribution in [0, 0.1) is 11.8 Å². The largest absolute Gasteiger partial charge is 0.480 e. The number of carboxylic acids is 1. The Hall–Kier alpha value is -2.41. The van der Waals surface area contributed by atoms with E-state index in [-0.39, 0.29) is 24.5 Å². The zero-order valence-corrected chi connectivity index (χ0v) is 19.4. The van der Waals surface area contributed by atoms with E-state index in [1.807, 2.05) is 30.3 Å². The first kappa shape index (κ1) is 23.7. The summed E-state index contributed by atoms with van der Waals surface area (Å²) in [6.45, 7) is 2.04. The molecule has 1 saturated carbocycles. The number of rotatable bonds is 7. The van der Waals surface area contributed by atoms with Gasteiger partial charge in [0.2, 0.25) is 5.91 Å². The summed E-state index contributed by atoms with van der Waals surface area (Å²) >= 11 is 0. The van der Waals surface area contributed by atoms with Crippen molar-refractivity contribution in [3.8, 4) is 0 Å². The Bertz CT molecular complexity index is 844. The van der Waals surface area contributed by atoms with E-state index in [0.717, 1.165) is 44.1 Å². The first-order valence-corrected chi connectivity index (χ1v) is 12.5. The monoisotopic (exact) mass is 456 g/mol. The molecule has 3 aliphatic rings. The Balaban J connectivity index is 1.63. The fourth-order valence-electron chi connectivity index (χ4n) is 6.31. The Kier molecular flexibility index (Phi) is 7.68. The van der Waals surface area contributed by atoms with Crippen LogP contribution >= 0.6 is 0 Å². The SMILES string of the molecule is CCOC(=O)C(Cc1ccccc1)NC1CC2CCCCC2C2CCCC(C(=O)O)N2C1=O. The van der Waals surface area contributed by atoms with Gasteiger partial charge in [0, 0.05) is 6.04 Å². The predicted molar refractivity (Wildman–Crippen MR) is 123 cm³/mol. The number of esters is 1. The molecule has 4 rings (SSSR count). The summed E-state index contributed by atoms with van der Waals surface area (Å²) in [6, 6.07) is 7.66. The Morgan fingerprint density at radius 3 is 2.61 bits per heavy atom. The first-order chi connectivity index (χ1) is 16.0. The second kappa shape index (κ2) is 10.7. The number of aliphatic carboxylic acids is 1. The average molecular weight is 457 g/mol. The van der Waals surface area contributed by atoms with Crippen LogP contribution in [0.1, 0.15) is 63.9 Å². The van der Waals surface area contributed by atoms with E-state index in [0.29, 0.717) is 31.1 Å². The third kappa shape index (κ3) is 5.24. The van der Waals surface area contributed by atoms with Gasteiger partial charge in [0.1, 0.15) is 12.1 Å². The molecule has 1 aromatic rings. The zero-order valence-electron chi connectivity index (χ0n) is 19.4. The van der Waals surface area contributed by atoms with E-state index < -0.39 is 24.1 Å². The van der Waals surface area contributed by atoms with Crippen molar-refractivity contribution >= 4 is 17.8 Å². The van der Waals surface area contributed by atoms with Crippen LogP contribution in [0.4, 0.5) is 0 Å². The van der Waals surface area contributed by atoms with E-state index in [2.05, 4.69) is 5.32 Å². The topological polar surface area (TPSA) is 95.9 Å². The highest BCUT2D eigenvalue weighted by Crippen LogP contribution is 2.44. The first-order valence-electron chi connectivity index (χ1n) is 12.5. The lowest BCUT2D eigenvalue weighted by atomic mass is 9.71. The summed E-state index contributed by atoms with van der Waals surface area (Å²) in [5, 5.41) is 13.3. The molecule has 1 aliphatic carbocycles. The molecule has 6 atom stereocenters. The number of hydrogen-bond acceptors (Lipinski definition) is 5. The van der Waals surface area contributed by atoms with Gasteiger partial charge in [-0.2, -0.15) is 0 Å². The maximum Gasteiger partial charge on any atom is 0.326 e. The van der Waals surface area contributed by atoms with Gasteiger partial charge in [0.15, 0.2) is 0 Å². The van der Waals surface area contributed by atoms with Gasteiger partial charge in [-0.3, -0.25) is 14.9 Å². The molecule has 0 spiro atoms. The highest BCUT2D eigenvalue weighted by Gasteiger charge is 2.49. The van der Waals surface area contributed by atoms with Gasteiger partial charge < -0.3 is 14.7 Å². The van der Waals surface area contributed by atoms with Crippen molar-refractivity contribution in [2.75, 3.05) is 6.61 Å². The van der Waals surface area contributed by atoms with Crippen molar-refractivity contribution in [3.05, 3.63) is 35.9 Å². The highest BCUT2D eigenvalue weighted by molar-refractivity contribution is 5.88. The van der Waals surface area contributed by atoms with Gasteiger partial charge in [0.25, 0.3) is 0 Å². The maximum atomic E-state index is 13.9. The molecule has 1 amide bonds. The minimum absolute atomic E-state index is 0.0142. The van der Waals surface area contributed by atoms with Crippen LogP contribution in [0.25, 0.3) is 0 Å². The summed E-state index contributed by atoms with van der Waals surface area (Å²) < 4.78 is 5.34. The Morgan fingerprint density at radius 2 is 1.88 bits per heavy atom. The molecule has 1 aromatic carbocycles. The van der Waals surface area contributed by atoms with Crippen molar-refractivity contribution in [3.63, 3.8) is 0 Å². The lowest BCUT2D eigenvalue weighted by Gasteiger charge is -2.45. The number of benzene rings is 1. The number of fused-ring (bicyclic) bond motifs is 3. The molecule has 3 fully saturated rings. The maximum absolute atomic E-state index is 13.9. The fraction of sp³-hybridized carbons (Fsp3) is 0.654. The van der Waals surface area contributed by atoms with Crippen LogP contribution in [-0.4, -0.2) is 58.6 Å². The summed E-state index contributed by atoms with van der Waals surface area (Å²) in [6.07, 6.45) is 7.65. The summed E-state index contributed by atoms with van der Waals surface area (Å²) in [7, 11) is 0. The van der Waals surface area contributed by atoms with Crippen molar-refractivity contribution in [2.45, 2.75) is 88.9 Å².